The number of anilines is 1. The molecule has 0 saturated carbocycles. The quantitative estimate of drug-likeness (QED) is 0.685. The predicted octanol–water partition coefficient (Wildman–Crippen LogP) is 2.89. The van der Waals surface area contributed by atoms with E-state index in [0.717, 1.165) is 13.0 Å². The number of nitrogens with one attached hydrogen (secondary N) is 2. The van der Waals surface area contributed by atoms with E-state index in [-0.39, 0.29) is 18.3 Å². The van der Waals surface area contributed by atoms with E-state index in [1.54, 1.807) is 12.1 Å². The van der Waals surface area contributed by atoms with E-state index in [1.165, 1.54) is 30.7 Å². The van der Waals surface area contributed by atoms with E-state index >= 15 is 0 Å². The number of rotatable bonds is 9. The number of unbranched alkanes of at least 4 members (excludes halogenated alkanes) is 2. The van der Waals surface area contributed by atoms with E-state index in [9.17, 15) is 9.18 Å². The normalized spacial score (nSPS) is 10.4. The summed E-state index contributed by atoms with van der Waals surface area (Å²) < 4.78 is 12.9. The van der Waals surface area contributed by atoms with Gasteiger partial charge in [0, 0.05) is 5.69 Å². The van der Waals surface area contributed by atoms with Gasteiger partial charge in [-0.05, 0) is 49.6 Å². The van der Waals surface area contributed by atoms with Crippen molar-refractivity contribution in [2.45, 2.75) is 19.3 Å². The van der Waals surface area contributed by atoms with Crippen LogP contribution in [0.25, 0.3) is 0 Å². The van der Waals surface area contributed by atoms with Crippen molar-refractivity contribution in [2.75, 3.05) is 30.4 Å². The largest absolute Gasteiger partial charge is 0.325 e. The van der Waals surface area contributed by atoms with Gasteiger partial charge in [-0.25, -0.2) is 4.39 Å². The molecule has 1 rings (SSSR count). The smallest absolute Gasteiger partial charge is 0.238 e. The van der Waals surface area contributed by atoms with Crippen LogP contribution in [0.1, 0.15) is 19.3 Å². The van der Waals surface area contributed by atoms with Crippen molar-refractivity contribution in [3.63, 3.8) is 0 Å². The molecule has 0 aliphatic carbocycles. The molecule has 2 N–H and O–H groups in total. The highest BCUT2D eigenvalue weighted by molar-refractivity contribution is 7.98. The average molecular weight is 284 g/mol. The van der Waals surface area contributed by atoms with Crippen molar-refractivity contribution < 1.29 is 9.18 Å². The van der Waals surface area contributed by atoms with Crippen LogP contribution in [0.15, 0.2) is 24.3 Å². The van der Waals surface area contributed by atoms with Crippen LogP contribution in [-0.4, -0.2) is 31.0 Å². The van der Waals surface area contributed by atoms with Crippen molar-refractivity contribution in [3.8, 4) is 0 Å². The van der Waals surface area contributed by atoms with Crippen molar-refractivity contribution in [2.24, 2.45) is 0 Å². The second-order valence-electron chi connectivity index (χ2n) is 4.29. The maximum atomic E-state index is 12.9. The van der Waals surface area contributed by atoms with Gasteiger partial charge >= 0.3 is 0 Å². The highest BCUT2D eigenvalue weighted by Gasteiger charge is 2.02. The van der Waals surface area contributed by atoms with Crippen molar-refractivity contribution in [1.29, 1.82) is 0 Å². The molecule has 19 heavy (non-hydrogen) atoms. The fraction of sp³-hybridized carbons (Fsp3) is 0.500. The molecule has 0 heterocycles. The number of benzene rings is 1. The Morgan fingerprint density at radius 2 is 2.16 bits per heavy atom. The minimum atomic E-state index is -0.348. The lowest BCUT2D eigenvalue weighted by molar-refractivity contribution is -0.115. The SMILES string of the molecule is CSCCCCCNCC(=O)Nc1cccc(F)c1. The zero-order chi connectivity index (χ0) is 13.9. The molecule has 106 valence electrons. The molecule has 5 heteroatoms. The van der Waals surface area contributed by atoms with Crippen LogP contribution < -0.4 is 10.6 Å². The van der Waals surface area contributed by atoms with Gasteiger partial charge in [0.25, 0.3) is 0 Å². The van der Waals surface area contributed by atoms with Gasteiger partial charge in [-0.3, -0.25) is 4.79 Å². The third kappa shape index (κ3) is 7.85. The number of amides is 1. The molecule has 1 amide bonds. The first-order valence-corrected chi connectivity index (χ1v) is 7.87. The van der Waals surface area contributed by atoms with E-state index in [2.05, 4.69) is 16.9 Å². The van der Waals surface area contributed by atoms with E-state index < -0.39 is 0 Å². The fourth-order valence-electron chi connectivity index (χ4n) is 1.65. The lowest BCUT2D eigenvalue weighted by Gasteiger charge is -2.06. The highest BCUT2D eigenvalue weighted by atomic mass is 32.2. The zero-order valence-corrected chi connectivity index (χ0v) is 12.1. The van der Waals surface area contributed by atoms with E-state index in [0.29, 0.717) is 5.69 Å². The molecule has 1 aromatic carbocycles. The Morgan fingerprint density at radius 1 is 1.32 bits per heavy atom. The van der Waals surface area contributed by atoms with Crippen LogP contribution in [-0.2, 0) is 4.79 Å². The minimum absolute atomic E-state index is 0.144. The molecule has 0 unspecified atom stereocenters. The summed E-state index contributed by atoms with van der Waals surface area (Å²) in [5, 5.41) is 5.73. The molecular weight excluding hydrogens is 263 g/mol. The molecule has 0 fully saturated rings. The first-order chi connectivity index (χ1) is 9.22. The summed E-state index contributed by atoms with van der Waals surface area (Å²) in [5.74, 6) is 0.703. The first-order valence-electron chi connectivity index (χ1n) is 6.47. The number of hydrogen-bond acceptors (Lipinski definition) is 3. The summed E-state index contributed by atoms with van der Waals surface area (Å²) in [6.07, 6.45) is 5.58. The highest BCUT2D eigenvalue weighted by Crippen LogP contribution is 2.08. The Kier molecular flexibility index (Phi) is 8.25. The summed E-state index contributed by atoms with van der Waals surface area (Å²) in [6, 6.07) is 5.90. The molecule has 0 bridgehead atoms. The monoisotopic (exact) mass is 284 g/mol. The van der Waals surface area contributed by atoms with Gasteiger partial charge in [0.1, 0.15) is 5.82 Å². The van der Waals surface area contributed by atoms with Crippen molar-refractivity contribution in [1.82, 2.24) is 5.32 Å². The Hall–Kier alpha value is -1.07. The van der Waals surface area contributed by atoms with E-state index in [1.807, 2.05) is 11.8 Å². The number of thioether (sulfide) groups is 1. The van der Waals surface area contributed by atoms with Gasteiger partial charge in [0.15, 0.2) is 0 Å². The van der Waals surface area contributed by atoms with Crippen LogP contribution in [0.5, 0.6) is 0 Å². The summed E-state index contributed by atoms with van der Waals surface area (Å²) in [7, 11) is 0. The van der Waals surface area contributed by atoms with Gasteiger partial charge in [-0.15, -0.1) is 0 Å². The van der Waals surface area contributed by atoms with Crippen molar-refractivity contribution in [3.05, 3.63) is 30.1 Å². The lowest BCUT2D eigenvalue weighted by atomic mass is 10.2. The number of carbonyl (C=O) groups is 1. The molecule has 0 aliphatic rings. The summed E-state index contributed by atoms with van der Waals surface area (Å²) >= 11 is 1.86. The Morgan fingerprint density at radius 3 is 2.89 bits per heavy atom. The van der Waals surface area contributed by atoms with Crippen LogP contribution in [0.4, 0.5) is 10.1 Å². The fourth-order valence-corrected chi connectivity index (χ4v) is 2.14. The molecular formula is C14H21FN2OS. The molecule has 0 spiro atoms. The Labute approximate surface area is 118 Å². The standard InChI is InChI=1S/C14H21FN2OS/c1-19-9-4-2-3-8-16-11-14(18)17-13-7-5-6-12(15)10-13/h5-7,10,16H,2-4,8-9,11H2,1H3,(H,17,18). The molecule has 1 aromatic rings. The molecule has 3 nitrogen and oxygen atoms in total. The average Bonchev–Trinajstić information content (AvgIpc) is 2.37. The van der Waals surface area contributed by atoms with Crippen molar-refractivity contribution >= 4 is 23.4 Å². The van der Waals surface area contributed by atoms with Crippen LogP contribution in [0, 0.1) is 5.82 Å². The second kappa shape index (κ2) is 9.81. The van der Waals surface area contributed by atoms with Gasteiger partial charge in [0.05, 0.1) is 6.54 Å². The second-order valence-corrected chi connectivity index (χ2v) is 5.27. The topological polar surface area (TPSA) is 41.1 Å². The zero-order valence-electron chi connectivity index (χ0n) is 11.2. The number of hydrogen-bond donors (Lipinski definition) is 2. The lowest BCUT2D eigenvalue weighted by Crippen LogP contribution is -2.28. The summed E-state index contributed by atoms with van der Waals surface area (Å²) in [5.41, 5.74) is 0.492. The minimum Gasteiger partial charge on any atom is -0.325 e. The van der Waals surface area contributed by atoms with E-state index in [4.69, 9.17) is 0 Å². The molecule has 0 aliphatic heterocycles. The summed E-state index contributed by atoms with van der Waals surface area (Å²) in [4.78, 5) is 11.6. The number of halogens is 1. The Balaban J connectivity index is 2.08. The van der Waals surface area contributed by atoms with Gasteiger partial charge < -0.3 is 10.6 Å². The van der Waals surface area contributed by atoms with Crippen LogP contribution in [0.3, 0.4) is 0 Å². The molecule has 0 atom stereocenters. The maximum absolute atomic E-state index is 12.9. The molecule has 0 radical (unpaired) electrons. The molecule has 0 aromatic heterocycles. The third-order valence-electron chi connectivity index (χ3n) is 2.60. The first kappa shape index (κ1) is 16.0. The Bertz CT molecular complexity index is 387. The number of carbonyl (C=O) groups excluding carboxylic acids is 1. The van der Waals surface area contributed by atoms with Gasteiger partial charge in [0.2, 0.25) is 5.91 Å². The maximum Gasteiger partial charge on any atom is 0.238 e. The van der Waals surface area contributed by atoms with Gasteiger partial charge in [-0.1, -0.05) is 12.5 Å². The van der Waals surface area contributed by atoms with Gasteiger partial charge in [-0.2, -0.15) is 11.8 Å². The van der Waals surface area contributed by atoms with Crippen LogP contribution in [0.2, 0.25) is 0 Å². The third-order valence-corrected chi connectivity index (χ3v) is 3.29. The van der Waals surface area contributed by atoms with Crippen LogP contribution >= 0.6 is 11.8 Å². The summed E-state index contributed by atoms with van der Waals surface area (Å²) in [6.45, 7) is 1.10. The molecule has 0 saturated heterocycles. The predicted molar refractivity (Wildman–Crippen MR) is 80.1 cm³/mol.